The summed E-state index contributed by atoms with van der Waals surface area (Å²) >= 11 is 0. The van der Waals surface area contributed by atoms with Crippen molar-refractivity contribution >= 4 is 11.0 Å². The van der Waals surface area contributed by atoms with E-state index in [1.54, 1.807) is 0 Å². The number of hydrogen-bond donors (Lipinski definition) is 1. The van der Waals surface area contributed by atoms with Crippen LogP contribution in [0.2, 0.25) is 0 Å². The van der Waals surface area contributed by atoms with Gasteiger partial charge < -0.3 is 14.9 Å². The van der Waals surface area contributed by atoms with E-state index in [2.05, 4.69) is 0 Å². The molecule has 2 aromatic rings. The van der Waals surface area contributed by atoms with Crippen LogP contribution in [0.25, 0.3) is 11.0 Å². The summed E-state index contributed by atoms with van der Waals surface area (Å²) in [5, 5.41) is 0.542. The van der Waals surface area contributed by atoms with E-state index >= 15 is 0 Å². The second-order valence-corrected chi connectivity index (χ2v) is 4.58. The maximum Gasteiger partial charge on any atom is 0.191 e. The van der Waals surface area contributed by atoms with Crippen LogP contribution in [-0.2, 0) is 10.4 Å². The van der Waals surface area contributed by atoms with Crippen LogP contribution < -0.4 is 5.73 Å². The topological polar surface area (TPSA) is 48.4 Å². The summed E-state index contributed by atoms with van der Waals surface area (Å²) in [4.78, 5) is 0. The van der Waals surface area contributed by atoms with Gasteiger partial charge in [-0.2, -0.15) is 0 Å². The van der Waals surface area contributed by atoms with Crippen molar-refractivity contribution in [3.05, 3.63) is 35.8 Å². The molecule has 0 saturated carbocycles. The van der Waals surface area contributed by atoms with Crippen LogP contribution in [0.3, 0.4) is 0 Å². The molecular weight excluding hydrogens is 252 g/mol. The average Bonchev–Trinajstić information content (AvgIpc) is 2.80. The predicted molar refractivity (Wildman–Crippen MR) is 69.1 cm³/mol. The van der Waals surface area contributed by atoms with E-state index in [1.807, 2.05) is 0 Å². The molecule has 0 spiro atoms. The number of fused-ring (bicyclic) bond motifs is 1. The Balaban J connectivity index is 2.38. The first-order valence-electron chi connectivity index (χ1n) is 6.16. The van der Waals surface area contributed by atoms with Gasteiger partial charge in [0, 0.05) is 12.5 Å². The summed E-state index contributed by atoms with van der Waals surface area (Å²) < 4.78 is 38.4. The van der Waals surface area contributed by atoms with Crippen LogP contribution in [0.4, 0.5) is 8.78 Å². The summed E-state index contributed by atoms with van der Waals surface area (Å²) in [6.07, 6.45) is 0.727. The zero-order valence-corrected chi connectivity index (χ0v) is 10.8. The molecule has 19 heavy (non-hydrogen) atoms. The number of benzene rings is 1. The summed E-state index contributed by atoms with van der Waals surface area (Å²) in [7, 11) is 1.43. The molecule has 0 aliphatic heterocycles. The number of nitrogens with two attached hydrogens (primary N) is 1. The minimum absolute atomic E-state index is 0.116. The zero-order chi connectivity index (χ0) is 13.9. The molecule has 0 aliphatic carbocycles. The van der Waals surface area contributed by atoms with Gasteiger partial charge in [-0.15, -0.1) is 0 Å². The van der Waals surface area contributed by atoms with Crippen LogP contribution in [0.15, 0.2) is 28.7 Å². The molecule has 0 amide bonds. The highest BCUT2D eigenvalue weighted by molar-refractivity contribution is 5.78. The molecule has 2 N–H and O–H groups in total. The smallest absolute Gasteiger partial charge is 0.191 e. The molecule has 1 heterocycles. The van der Waals surface area contributed by atoms with Gasteiger partial charge in [0.15, 0.2) is 5.67 Å². The van der Waals surface area contributed by atoms with Crippen LogP contribution in [-0.4, -0.2) is 20.3 Å². The minimum Gasteiger partial charge on any atom is -0.458 e. The van der Waals surface area contributed by atoms with Gasteiger partial charge >= 0.3 is 0 Å². The lowest BCUT2D eigenvalue weighted by Crippen LogP contribution is -2.26. The Labute approximate surface area is 110 Å². The molecule has 0 bridgehead atoms. The lowest BCUT2D eigenvalue weighted by molar-refractivity contribution is 0.0152. The Morgan fingerprint density at radius 1 is 1.37 bits per heavy atom. The number of furan rings is 1. The Kier molecular flexibility index (Phi) is 4.17. The first kappa shape index (κ1) is 14.0. The van der Waals surface area contributed by atoms with E-state index in [0.717, 1.165) is 0 Å². The van der Waals surface area contributed by atoms with Gasteiger partial charge in [-0.25, -0.2) is 8.78 Å². The van der Waals surface area contributed by atoms with E-state index in [1.165, 1.54) is 31.4 Å². The molecule has 1 aromatic heterocycles. The quantitative estimate of drug-likeness (QED) is 0.876. The Morgan fingerprint density at radius 3 is 2.84 bits per heavy atom. The molecule has 1 aromatic carbocycles. The third kappa shape index (κ3) is 2.93. The number of alkyl halides is 1. The van der Waals surface area contributed by atoms with Gasteiger partial charge in [0.1, 0.15) is 17.2 Å². The van der Waals surface area contributed by atoms with E-state index < -0.39 is 5.67 Å². The largest absolute Gasteiger partial charge is 0.458 e. The van der Waals surface area contributed by atoms with Crippen molar-refractivity contribution in [3.8, 4) is 0 Å². The Hall–Kier alpha value is -1.46. The van der Waals surface area contributed by atoms with E-state index in [4.69, 9.17) is 14.9 Å². The fraction of sp³-hybridized carbons (Fsp3) is 0.429. The highest BCUT2D eigenvalue weighted by Gasteiger charge is 2.35. The average molecular weight is 269 g/mol. The summed E-state index contributed by atoms with van der Waals surface area (Å²) in [5.41, 5.74) is 4.15. The summed E-state index contributed by atoms with van der Waals surface area (Å²) in [6.45, 7) is 0.277. The second kappa shape index (κ2) is 5.67. The van der Waals surface area contributed by atoms with E-state index in [9.17, 15) is 8.78 Å². The van der Waals surface area contributed by atoms with Gasteiger partial charge in [-0.1, -0.05) is 0 Å². The van der Waals surface area contributed by atoms with Crippen LogP contribution >= 0.6 is 0 Å². The molecule has 2 rings (SSSR count). The lowest BCUT2D eigenvalue weighted by atomic mass is 9.97. The molecule has 5 heteroatoms. The molecule has 1 unspecified atom stereocenters. The third-order valence-corrected chi connectivity index (χ3v) is 3.07. The number of ether oxygens (including phenoxy) is 1. The molecule has 1 atom stereocenters. The third-order valence-electron chi connectivity index (χ3n) is 3.07. The summed E-state index contributed by atoms with van der Waals surface area (Å²) in [6, 6.07) is 5.61. The normalized spacial score (nSPS) is 14.7. The lowest BCUT2D eigenvalue weighted by Gasteiger charge is -2.21. The van der Waals surface area contributed by atoms with Crippen molar-refractivity contribution in [2.75, 3.05) is 20.3 Å². The monoisotopic (exact) mass is 269 g/mol. The highest BCUT2D eigenvalue weighted by Crippen LogP contribution is 2.35. The van der Waals surface area contributed by atoms with Gasteiger partial charge in [0.25, 0.3) is 0 Å². The van der Waals surface area contributed by atoms with E-state index in [0.29, 0.717) is 23.9 Å². The van der Waals surface area contributed by atoms with Crippen molar-refractivity contribution in [2.45, 2.75) is 18.5 Å². The van der Waals surface area contributed by atoms with Gasteiger partial charge in [-0.3, -0.25) is 0 Å². The van der Waals surface area contributed by atoms with Gasteiger partial charge in [0.05, 0.1) is 6.61 Å². The van der Waals surface area contributed by atoms with Crippen molar-refractivity contribution in [1.29, 1.82) is 0 Å². The highest BCUT2D eigenvalue weighted by atomic mass is 19.1. The maximum atomic E-state index is 14.9. The van der Waals surface area contributed by atoms with Crippen LogP contribution in [0.5, 0.6) is 0 Å². The maximum absolute atomic E-state index is 14.9. The Morgan fingerprint density at radius 2 is 2.16 bits per heavy atom. The zero-order valence-electron chi connectivity index (χ0n) is 10.8. The first-order valence-corrected chi connectivity index (χ1v) is 6.16. The molecule has 3 nitrogen and oxygen atoms in total. The van der Waals surface area contributed by atoms with Gasteiger partial charge in [0.2, 0.25) is 0 Å². The fourth-order valence-electron chi connectivity index (χ4n) is 2.11. The van der Waals surface area contributed by atoms with Crippen molar-refractivity contribution in [1.82, 2.24) is 0 Å². The molecular formula is C14H17F2NO2. The van der Waals surface area contributed by atoms with Crippen molar-refractivity contribution < 1.29 is 17.9 Å². The SMILES string of the molecule is COCC(F)(CCCN)c1cc2cc(F)ccc2o1. The second-order valence-electron chi connectivity index (χ2n) is 4.58. The Bertz CT molecular complexity index is 555. The molecule has 0 radical (unpaired) electrons. The molecule has 104 valence electrons. The fourth-order valence-corrected chi connectivity index (χ4v) is 2.11. The number of hydrogen-bond acceptors (Lipinski definition) is 3. The predicted octanol–water partition coefficient (Wildman–Crippen LogP) is 3.12. The molecule has 0 aliphatic rings. The summed E-state index contributed by atoms with van der Waals surface area (Å²) in [5.74, 6) is -0.221. The number of methoxy groups -OCH3 is 1. The number of halogens is 2. The molecule has 0 saturated heterocycles. The van der Waals surface area contributed by atoms with E-state index in [-0.39, 0.29) is 24.6 Å². The molecule has 0 fully saturated rings. The van der Waals surface area contributed by atoms with Crippen molar-refractivity contribution in [2.24, 2.45) is 5.73 Å². The van der Waals surface area contributed by atoms with Crippen molar-refractivity contribution in [3.63, 3.8) is 0 Å². The first-order chi connectivity index (χ1) is 9.09. The number of rotatable bonds is 6. The standard InChI is InChI=1S/C14H17F2NO2/c1-18-9-14(16,5-2-6-17)13-8-10-7-11(15)3-4-12(10)19-13/h3-4,7-8H,2,5-6,9,17H2,1H3. The van der Waals surface area contributed by atoms with Gasteiger partial charge in [-0.05, 0) is 43.7 Å². The minimum atomic E-state index is -1.73. The van der Waals surface area contributed by atoms with Crippen LogP contribution in [0.1, 0.15) is 18.6 Å². The van der Waals surface area contributed by atoms with Crippen LogP contribution in [0, 0.1) is 5.82 Å².